The Kier molecular flexibility index (Phi) is 2.36. The van der Waals surface area contributed by atoms with Gasteiger partial charge in [0.15, 0.2) is 5.82 Å². The van der Waals surface area contributed by atoms with Crippen LogP contribution in [0.25, 0.3) is 16.7 Å². The summed E-state index contributed by atoms with van der Waals surface area (Å²) in [6.07, 6.45) is 3.33. The number of rotatable bonds is 1. The smallest absolute Gasteiger partial charge is 0.151 e. The SMILES string of the molecule is C[C@@H]1C=C(n2cnc3c(N)nccc32)[C@@H](O)[C@H]1O. The van der Waals surface area contributed by atoms with E-state index in [0.717, 1.165) is 5.52 Å². The van der Waals surface area contributed by atoms with Crippen molar-refractivity contribution in [3.63, 3.8) is 0 Å². The lowest BCUT2D eigenvalue weighted by Gasteiger charge is -2.15. The summed E-state index contributed by atoms with van der Waals surface area (Å²) in [6, 6.07) is 1.78. The number of nitrogen functional groups attached to an aromatic ring is 1. The van der Waals surface area contributed by atoms with Gasteiger partial charge in [0.2, 0.25) is 0 Å². The van der Waals surface area contributed by atoms with Crippen molar-refractivity contribution in [1.29, 1.82) is 0 Å². The van der Waals surface area contributed by atoms with Gasteiger partial charge in [-0.3, -0.25) is 4.57 Å². The zero-order chi connectivity index (χ0) is 12.9. The van der Waals surface area contributed by atoms with Gasteiger partial charge < -0.3 is 15.9 Å². The normalized spacial score (nSPS) is 27.7. The van der Waals surface area contributed by atoms with Crippen molar-refractivity contribution in [2.24, 2.45) is 5.92 Å². The van der Waals surface area contributed by atoms with Gasteiger partial charge in [-0.2, -0.15) is 0 Å². The van der Waals surface area contributed by atoms with Crippen LogP contribution in [-0.4, -0.2) is 37.0 Å². The molecule has 0 unspecified atom stereocenters. The van der Waals surface area contributed by atoms with Crippen molar-refractivity contribution < 1.29 is 10.2 Å². The number of aliphatic hydroxyl groups is 2. The maximum absolute atomic E-state index is 10.0. The summed E-state index contributed by atoms with van der Waals surface area (Å²) in [4.78, 5) is 8.16. The number of nitrogens with zero attached hydrogens (tertiary/aromatic N) is 3. The van der Waals surface area contributed by atoms with E-state index in [9.17, 15) is 10.2 Å². The maximum Gasteiger partial charge on any atom is 0.151 e. The number of aromatic nitrogens is 3. The first kappa shape index (κ1) is 11.2. The number of aliphatic hydroxyl groups excluding tert-OH is 2. The molecule has 1 aliphatic carbocycles. The third-order valence-electron chi connectivity index (χ3n) is 3.37. The van der Waals surface area contributed by atoms with Crippen LogP contribution in [0.2, 0.25) is 0 Å². The van der Waals surface area contributed by atoms with Crippen LogP contribution in [0.5, 0.6) is 0 Å². The number of nitrogens with two attached hydrogens (primary N) is 1. The van der Waals surface area contributed by atoms with E-state index in [1.807, 2.05) is 13.0 Å². The largest absolute Gasteiger partial charge is 0.389 e. The van der Waals surface area contributed by atoms with E-state index in [1.54, 1.807) is 23.2 Å². The fourth-order valence-electron chi connectivity index (χ4n) is 2.32. The third-order valence-corrected chi connectivity index (χ3v) is 3.37. The highest BCUT2D eigenvalue weighted by Gasteiger charge is 2.33. The van der Waals surface area contributed by atoms with Crippen LogP contribution < -0.4 is 5.73 Å². The van der Waals surface area contributed by atoms with E-state index in [0.29, 0.717) is 17.0 Å². The maximum atomic E-state index is 10.0. The van der Waals surface area contributed by atoms with Gasteiger partial charge in [-0.1, -0.05) is 13.0 Å². The Balaban J connectivity index is 2.17. The Hall–Kier alpha value is -1.92. The minimum Gasteiger partial charge on any atom is -0.389 e. The Morgan fingerprint density at radius 2 is 2.11 bits per heavy atom. The molecule has 0 aromatic carbocycles. The van der Waals surface area contributed by atoms with Gasteiger partial charge in [0.1, 0.15) is 17.9 Å². The van der Waals surface area contributed by atoms with Crippen LogP contribution in [0, 0.1) is 5.92 Å². The molecule has 3 atom stereocenters. The molecule has 18 heavy (non-hydrogen) atoms. The molecule has 3 rings (SSSR count). The quantitative estimate of drug-likeness (QED) is 0.669. The summed E-state index contributed by atoms with van der Waals surface area (Å²) in [6.45, 7) is 1.86. The van der Waals surface area contributed by atoms with Crippen LogP contribution in [0.1, 0.15) is 6.92 Å². The summed E-state index contributed by atoms with van der Waals surface area (Å²) in [7, 11) is 0. The van der Waals surface area contributed by atoms with E-state index in [4.69, 9.17) is 5.73 Å². The highest BCUT2D eigenvalue weighted by atomic mass is 16.3. The molecular weight excluding hydrogens is 232 g/mol. The van der Waals surface area contributed by atoms with Crippen LogP contribution in [-0.2, 0) is 0 Å². The lowest BCUT2D eigenvalue weighted by molar-refractivity contribution is 0.0402. The molecule has 6 nitrogen and oxygen atoms in total. The van der Waals surface area contributed by atoms with Gasteiger partial charge >= 0.3 is 0 Å². The number of pyridine rings is 1. The Morgan fingerprint density at radius 1 is 1.33 bits per heavy atom. The van der Waals surface area contributed by atoms with Gasteiger partial charge in [0.05, 0.1) is 17.3 Å². The van der Waals surface area contributed by atoms with Crippen LogP contribution in [0.3, 0.4) is 0 Å². The molecule has 2 aromatic rings. The van der Waals surface area contributed by atoms with Crippen LogP contribution in [0.4, 0.5) is 5.82 Å². The molecule has 94 valence electrons. The average molecular weight is 246 g/mol. The summed E-state index contributed by atoms with van der Waals surface area (Å²) in [5.41, 5.74) is 7.74. The van der Waals surface area contributed by atoms with Crippen LogP contribution in [0.15, 0.2) is 24.7 Å². The molecule has 4 N–H and O–H groups in total. The second-order valence-corrected chi connectivity index (χ2v) is 4.56. The average Bonchev–Trinajstić information content (AvgIpc) is 2.88. The molecule has 0 spiro atoms. The molecule has 6 heteroatoms. The van der Waals surface area contributed by atoms with Gasteiger partial charge in [0.25, 0.3) is 0 Å². The molecule has 1 aliphatic rings. The predicted octanol–water partition coefficient (Wildman–Crippen LogP) is 0.226. The summed E-state index contributed by atoms with van der Waals surface area (Å²) in [5.74, 6) is 0.263. The second kappa shape index (κ2) is 3.79. The molecule has 0 fully saturated rings. The van der Waals surface area contributed by atoms with Crippen molar-refractivity contribution in [3.8, 4) is 0 Å². The van der Waals surface area contributed by atoms with Gasteiger partial charge in [-0.05, 0) is 6.07 Å². The molecule has 0 amide bonds. The molecule has 0 saturated carbocycles. The zero-order valence-corrected chi connectivity index (χ0v) is 9.85. The highest BCUT2D eigenvalue weighted by molar-refractivity contribution is 5.87. The fraction of sp³-hybridized carbons (Fsp3) is 0.333. The van der Waals surface area contributed by atoms with E-state index < -0.39 is 12.2 Å². The standard InChI is InChI=1S/C12H14N4O2/c1-6-4-8(11(18)10(6)17)16-5-15-9-7(16)2-3-14-12(9)13/h2-6,10-11,17-18H,1H3,(H2,13,14)/t6-,10+,11-/m1/s1. The molecule has 2 heterocycles. The zero-order valence-electron chi connectivity index (χ0n) is 9.85. The number of imidazole rings is 1. The molecule has 2 aromatic heterocycles. The van der Waals surface area contributed by atoms with E-state index in [-0.39, 0.29) is 5.92 Å². The monoisotopic (exact) mass is 246 g/mol. The van der Waals surface area contributed by atoms with Gasteiger partial charge in [-0.15, -0.1) is 0 Å². The molecule has 0 bridgehead atoms. The summed E-state index contributed by atoms with van der Waals surface area (Å²) < 4.78 is 1.74. The lowest BCUT2D eigenvalue weighted by atomic mass is 10.1. The first-order chi connectivity index (χ1) is 8.59. The summed E-state index contributed by atoms with van der Waals surface area (Å²) >= 11 is 0. The van der Waals surface area contributed by atoms with Crippen molar-refractivity contribution in [3.05, 3.63) is 24.7 Å². The van der Waals surface area contributed by atoms with E-state index >= 15 is 0 Å². The third kappa shape index (κ3) is 1.43. The highest BCUT2D eigenvalue weighted by Crippen LogP contribution is 2.31. The second-order valence-electron chi connectivity index (χ2n) is 4.56. The first-order valence-corrected chi connectivity index (χ1v) is 5.75. The van der Waals surface area contributed by atoms with Crippen molar-refractivity contribution in [2.75, 3.05) is 5.73 Å². The topological polar surface area (TPSA) is 97.2 Å². The number of anilines is 1. The Labute approximate surface area is 103 Å². The Bertz CT molecular complexity index is 634. The number of hydrogen-bond donors (Lipinski definition) is 3. The minimum atomic E-state index is -0.910. The number of fused-ring (bicyclic) bond motifs is 1. The lowest BCUT2D eigenvalue weighted by Crippen LogP contribution is -2.27. The van der Waals surface area contributed by atoms with E-state index in [1.165, 1.54) is 0 Å². The van der Waals surface area contributed by atoms with Crippen molar-refractivity contribution in [1.82, 2.24) is 14.5 Å². The first-order valence-electron chi connectivity index (χ1n) is 5.75. The van der Waals surface area contributed by atoms with Crippen molar-refractivity contribution >= 4 is 22.5 Å². The predicted molar refractivity (Wildman–Crippen MR) is 67.4 cm³/mol. The molecular formula is C12H14N4O2. The molecule has 0 saturated heterocycles. The minimum absolute atomic E-state index is 0.0911. The summed E-state index contributed by atoms with van der Waals surface area (Å²) in [5, 5.41) is 19.8. The fourth-order valence-corrected chi connectivity index (χ4v) is 2.32. The molecule has 0 aliphatic heterocycles. The van der Waals surface area contributed by atoms with Gasteiger partial charge in [0, 0.05) is 12.1 Å². The van der Waals surface area contributed by atoms with Gasteiger partial charge in [-0.25, -0.2) is 9.97 Å². The van der Waals surface area contributed by atoms with Crippen molar-refractivity contribution in [2.45, 2.75) is 19.1 Å². The van der Waals surface area contributed by atoms with E-state index in [2.05, 4.69) is 9.97 Å². The molecule has 0 radical (unpaired) electrons. The number of hydrogen-bond acceptors (Lipinski definition) is 5. The Morgan fingerprint density at radius 3 is 2.78 bits per heavy atom. The van der Waals surface area contributed by atoms with Crippen LogP contribution >= 0.6 is 0 Å².